The van der Waals surface area contributed by atoms with Gasteiger partial charge in [-0.15, -0.1) is 11.3 Å². The van der Waals surface area contributed by atoms with Crippen LogP contribution < -0.4 is 0 Å². The van der Waals surface area contributed by atoms with Gasteiger partial charge in [-0.05, 0) is 23.9 Å². The predicted octanol–water partition coefficient (Wildman–Crippen LogP) is 3.60. The van der Waals surface area contributed by atoms with E-state index >= 15 is 0 Å². The molecule has 0 unspecified atom stereocenters. The van der Waals surface area contributed by atoms with Gasteiger partial charge >= 0.3 is 0 Å². The number of rotatable bonds is 6. The highest BCUT2D eigenvalue weighted by Crippen LogP contribution is 2.14. The highest BCUT2D eigenvalue weighted by atomic mass is 32.1. The summed E-state index contributed by atoms with van der Waals surface area (Å²) < 4.78 is 0. The van der Waals surface area contributed by atoms with Crippen molar-refractivity contribution < 1.29 is 5.21 Å². The maximum absolute atomic E-state index is 8.84. The topological polar surface area (TPSA) is 35.8 Å². The van der Waals surface area contributed by atoms with Crippen molar-refractivity contribution in [2.24, 2.45) is 5.16 Å². The average Bonchev–Trinajstić information content (AvgIpc) is 2.92. The van der Waals surface area contributed by atoms with E-state index < -0.39 is 0 Å². The second kappa shape index (κ2) is 7.07. The van der Waals surface area contributed by atoms with Crippen LogP contribution in [0.2, 0.25) is 0 Å². The van der Waals surface area contributed by atoms with Gasteiger partial charge < -0.3 is 5.21 Å². The Bertz CT molecular complexity index is 508. The summed E-state index contributed by atoms with van der Waals surface area (Å²) in [5, 5.41) is 14.2. The Morgan fingerprint density at radius 2 is 1.95 bits per heavy atom. The van der Waals surface area contributed by atoms with E-state index in [9.17, 15) is 0 Å². The molecule has 100 valence electrons. The summed E-state index contributed by atoms with van der Waals surface area (Å²) in [6.07, 6.45) is 0. The molecular formula is C15H18N2OS. The highest BCUT2D eigenvalue weighted by Gasteiger charge is 2.09. The normalized spacial score (nSPS) is 12.0. The van der Waals surface area contributed by atoms with Gasteiger partial charge in [0, 0.05) is 24.5 Å². The molecule has 0 aliphatic rings. The predicted molar refractivity (Wildman–Crippen MR) is 79.8 cm³/mol. The van der Waals surface area contributed by atoms with Crippen molar-refractivity contribution >= 4 is 17.0 Å². The third-order valence-corrected chi connectivity index (χ3v) is 3.69. The van der Waals surface area contributed by atoms with Gasteiger partial charge in [0.15, 0.2) is 0 Å². The lowest BCUT2D eigenvalue weighted by atomic mass is 10.2. The zero-order valence-electron chi connectivity index (χ0n) is 11.0. The highest BCUT2D eigenvalue weighted by molar-refractivity contribution is 7.09. The summed E-state index contributed by atoms with van der Waals surface area (Å²) in [5.41, 5.74) is 2.00. The van der Waals surface area contributed by atoms with Gasteiger partial charge in [0.2, 0.25) is 0 Å². The Hall–Kier alpha value is -1.65. The number of thiophene rings is 1. The molecule has 3 nitrogen and oxygen atoms in total. The number of oxime groups is 1. The van der Waals surface area contributed by atoms with Crippen LogP contribution in [0.15, 0.2) is 53.0 Å². The van der Waals surface area contributed by atoms with Gasteiger partial charge in [0.1, 0.15) is 0 Å². The first-order chi connectivity index (χ1) is 9.28. The molecule has 2 aromatic rings. The summed E-state index contributed by atoms with van der Waals surface area (Å²) in [7, 11) is 0. The summed E-state index contributed by atoms with van der Waals surface area (Å²) >= 11 is 1.75. The van der Waals surface area contributed by atoms with E-state index in [1.54, 1.807) is 11.3 Å². The fraction of sp³-hybridized carbons (Fsp3) is 0.267. The van der Waals surface area contributed by atoms with Gasteiger partial charge in [-0.25, -0.2) is 0 Å². The van der Waals surface area contributed by atoms with Crippen molar-refractivity contribution in [2.75, 3.05) is 6.54 Å². The minimum Gasteiger partial charge on any atom is -0.411 e. The SMILES string of the molecule is CC(CN(Cc1ccccc1)Cc1cccs1)=NO. The van der Waals surface area contributed by atoms with E-state index in [0.717, 1.165) is 18.8 Å². The zero-order valence-corrected chi connectivity index (χ0v) is 11.8. The van der Waals surface area contributed by atoms with Crippen molar-refractivity contribution in [1.29, 1.82) is 0 Å². The Kier molecular flexibility index (Phi) is 5.12. The lowest BCUT2D eigenvalue weighted by molar-refractivity contribution is 0.282. The largest absolute Gasteiger partial charge is 0.411 e. The third kappa shape index (κ3) is 4.50. The molecule has 1 N–H and O–H groups in total. The van der Waals surface area contributed by atoms with Crippen molar-refractivity contribution in [2.45, 2.75) is 20.0 Å². The van der Waals surface area contributed by atoms with Crippen LogP contribution in [-0.2, 0) is 13.1 Å². The molecule has 0 atom stereocenters. The first kappa shape index (κ1) is 13.8. The van der Waals surface area contributed by atoms with Gasteiger partial charge in [0.25, 0.3) is 0 Å². The van der Waals surface area contributed by atoms with Crippen LogP contribution in [0.3, 0.4) is 0 Å². The zero-order chi connectivity index (χ0) is 13.5. The number of benzene rings is 1. The fourth-order valence-electron chi connectivity index (χ4n) is 1.99. The van der Waals surface area contributed by atoms with Crippen LogP contribution in [0, 0.1) is 0 Å². The number of hydrogen-bond acceptors (Lipinski definition) is 4. The summed E-state index contributed by atoms with van der Waals surface area (Å²) in [4.78, 5) is 3.60. The fourth-order valence-corrected chi connectivity index (χ4v) is 2.73. The molecule has 1 aromatic heterocycles. The van der Waals surface area contributed by atoms with E-state index in [4.69, 9.17) is 5.21 Å². The monoisotopic (exact) mass is 274 g/mol. The first-order valence-electron chi connectivity index (χ1n) is 6.24. The van der Waals surface area contributed by atoms with Crippen LogP contribution in [0.5, 0.6) is 0 Å². The maximum atomic E-state index is 8.84. The molecule has 0 aliphatic carbocycles. The molecule has 0 saturated carbocycles. The molecule has 0 spiro atoms. The number of nitrogens with zero attached hydrogens (tertiary/aromatic N) is 2. The van der Waals surface area contributed by atoms with Crippen molar-refractivity contribution in [1.82, 2.24) is 4.90 Å². The van der Waals surface area contributed by atoms with E-state index in [2.05, 4.69) is 39.7 Å². The van der Waals surface area contributed by atoms with Gasteiger partial charge in [-0.2, -0.15) is 0 Å². The Morgan fingerprint density at radius 3 is 2.58 bits per heavy atom. The second-order valence-corrected chi connectivity index (χ2v) is 5.58. The minimum absolute atomic E-state index is 0.670. The van der Waals surface area contributed by atoms with E-state index in [1.807, 2.05) is 25.1 Å². The Morgan fingerprint density at radius 1 is 1.16 bits per heavy atom. The molecule has 1 heterocycles. The molecular weight excluding hydrogens is 256 g/mol. The van der Waals surface area contributed by atoms with Crippen molar-refractivity contribution in [3.8, 4) is 0 Å². The molecule has 4 heteroatoms. The molecule has 2 rings (SSSR count). The maximum Gasteiger partial charge on any atom is 0.0680 e. The van der Waals surface area contributed by atoms with Crippen LogP contribution in [0.25, 0.3) is 0 Å². The van der Waals surface area contributed by atoms with Crippen molar-refractivity contribution in [3.05, 3.63) is 58.3 Å². The Labute approximate surface area is 117 Å². The van der Waals surface area contributed by atoms with E-state index in [-0.39, 0.29) is 0 Å². The quantitative estimate of drug-likeness (QED) is 0.496. The summed E-state index contributed by atoms with van der Waals surface area (Å²) in [6, 6.07) is 14.5. The average molecular weight is 274 g/mol. The smallest absolute Gasteiger partial charge is 0.0680 e. The van der Waals surface area contributed by atoms with Crippen LogP contribution in [0.1, 0.15) is 17.4 Å². The molecule has 0 amide bonds. The molecule has 1 aromatic carbocycles. The summed E-state index contributed by atoms with van der Waals surface area (Å²) in [5.74, 6) is 0. The summed E-state index contributed by atoms with van der Waals surface area (Å²) in [6.45, 7) is 4.24. The molecule has 0 bridgehead atoms. The first-order valence-corrected chi connectivity index (χ1v) is 7.12. The molecule has 0 saturated heterocycles. The molecule has 0 aliphatic heterocycles. The van der Waals surface area contributed by atoms with Crippen LogP contribution in [0.4, 0.5) is 0 Å². The van der Waals surface area contributed by atoms with Gasteiger partial charge in [-0.1, -0.05) is 41.6 Å². The van der Waals surface area contributed by atoms with Gasteiger partial charge in [0.05, 0.1) is 5.71 Å². The Balaban J connectivity index is 2.05. The molecule has 0 fully saturated rings. The van der Waals surface area contributed by atoms with Crippen LogP contribution in [-0.4, -0.2) is 22.4 Å². The number of hydrogen-bond donors (Lipinski definition) is 1. The van der Waals surface area contributed by atoms with Crippen LogP contribution >= 0.6 is 11.3 Å². The standard InChI is InChI=1S/C15H18N2OS/c1-13(16-18)10-17(12-15-8-5-9-19-15)11-14-6-3-2-4-7-14/h2-9,18H,10-12H2,1H3. The second-order valence-electron chi connectivity index (χ2n) is 4.55. The van der Waals surface area contributed by atoms with E-state index in [0.29, 0.717) is 6.54 Å². The van der Waals surface area contributed by atoms with Gasteiger partial charge in [-0.3, -0.25) is 4.90 Å². The third-order valence-electron chi connectivity index (χ3n) is 2.83. The molecule has 0 radical (unpaired) electrons. The minimum atomic E-state index is 0.670. The van der Waals surface area contributed by atoms with Crippen molar-refractivity contribution in [3.63, 3.8) is 0 Å². The lowest BCUT2D eigenvalue weighted by Gasteiger charge is -2.21. The molecule has 19 heavy (non-hydrogen) atoms. The van der Waals surface area contributed by atoms with E-state index in [1.165, 1.54) is 10.4 Å². The lowest BCUT2D eigenvalue weighted by Crippen LogP contribution is -2.27.